The highest BCUT2D eigenvalue weighted by Gasteiger charge is 2.29. The largest absolute Gasteiger partial charge is 0.395 e. The van der Waals surface area contributed by atoms with Gasteiger partial charge in [0.1, 0.15) is 0 Å². The molecule has 1 aromatic carbocycles. The van der Waals surface area contributed by atoms with Gasteiger partial charge in [-0.25, -0.2) is 0 Å². The molecule has 0 aromatic heterocycles. The maximum atomic E-state index is 11.9. The zero-order chi connectivity index (χ0) is 11.7. The lowest BCUT2D eigenvalue weighted by Gasteiger charge is -2.11. The maximum Gasteiger partial charge on any atom is 0.0604 e. The van der Waals surface area contributed by atoms with Gasteiger partial charge in [-0.3, -0.25) is 4.21 Å². The minimum Gasteiger partial charge on any atom is -0.395 e. The maximum absolute atomic E-state index is 11.9. The van der Waals surface area contributed by atoms with Crippen LogP contribution in [0.3, 0.4) is 0 Å². The van der Waals surface area contributed by atoms with E-state index in [4.69, 9.17) is 28.3 Å². The zero-order valence-electron chi connectivity index (χ0n) is 8.58. The summed E-state index contributed by atoms with van der Waals surface area (Å²) in [5.74, 6) is 0.314. The van der Waals surface area contributed by atoms with Crippen molar-refractivity contribution in [3.05, 3.63) is 33.3 Å². The van der Waals surface area contributed by atoms with Crippen molar-refractivity contribution in [2.24, 2.45) is 0 Å². The van der Waals surface area contributed by atoms with Gasteiger partial charge < -0.3 is 5.11 Å². The van der Waals surface area contributed by atoms with Gasteiger partial charge in [0, 0.05) is 26.6 Å². The molecule has 0 unspecified atom stereocenters. The molecule has 0 saturated carbocycles. The van der Waals surface area contributed by atoms with Crippen LogP contribution in [-0.2, 0) is 17.2 Å². The van der Waals surface area contributed by atoms with Crippen molar-refractivity contribution in [1.29, 1.82) is 0 Å². The summed E-state index contributed by atoms with van der Waals surface area (Å²) in [5, 5.41) is 10.0. The molecule has 0 fully saturated rings. The Morgan fingerprint density at radius 2 is 2.19 bits per heavy atom. The van der Waals surface area contributed by atoms with Gasteiger partial charge in [-0.1, -0.05) is 23.2 Å². The first-order valence-corrected chi connectivity index (χ1v) is 7.23. The molecule has 0 bridgehead atoms. The summed E-state index contributed by atoms with van der Waals surface area (Å²) in [6, 6.07) is 3.56. The lowest BCUT2D eigenvalue weighted by Crippen LogP contribution is -2.09. The fourth-order valence-electron chi connectivity index (χ4n) is 2.11. The van der Waals surface area contributed by atoms with E-state index in [2.05, 4.69) is 0 Å². The monoisotopic (exact) mass is 278 g/mol. The normalized spacial score (nSPS) is 20.8. The fraction of sp³-hybridized carbons (Fsp3) is 0.455. The summed E-state index contributed by atoms with van der Waals surface area (Å²) in [7, 11) is -1.04. The Bertz CT molecular complexity index is 434. The Morgan fingerprint density at radius 1 is 1.44 bits per heavy atom. The molecule has 0 radical (unpaired) electrons. The highest BCUT2D eigenvalue weighted by atomic mass is 35.5. The Balaban J connectivity index is 2.35. The van der Waals surface area contributed by atoms with Gasteiger partial charge in [-0.05, 0) is 36.1 Å². The summed E-state index contributed by atoms with van der Waals surface area (Å²) >= 11 is 12.0. The predicted molar refractivity (Wildman–Crippen MR) is 67.6 cm³/mol. The molecule has 0 saturated heterocycles. The van der Waals surface area contributed by atoms with E-state index in [1.54, 1.807) is 6.07 Å². The number of hydrogen-bond donors (Lipinski definition) is 1. The molecule has 88 valence electrons. The molecule has 0 amide bonds. The van der Waals surface area contributed by atoms with Crippen LogP contribution in [0.5, 0.6) is 0 Å². The molecule has 1 aliphatic carbocycles. The highest BCUT2D eigenvalue weighted by Crippen LogP contribution is 2.40. The minimum atomic E-state index is -1.04. The first-order valence-electron chi connectivity index (χ1n) is 5.09. The Kier molecular flexibility index (Phi) is 3.90. The third-order valence-electron chi connectivity index (χ3n) is 2.81. The number of fused-ring (bicyclic) bond motifs is 1. The van der Waals surface area contributed by atoms with Crippen LogP contribution >= 0.6 is 23.2 Å². The van der Waals surface area contributed by atoms with Gasteiger partial charge in [0.25, 0.3) is 0 Å². The van der Waals surface area contributed by atoms with Crippen LogP contribution in [-0.4, -0.2) is 21.7 Å². The first-order chi connectivity index (χ1) is 7.63. The van der Waals surface area contributed by atoms with Gasteiger partial charge >= 0.3 is 0 Å². The van der Waals surface area contributed by atoms with Crippen LogP contribution < -0.4 is 0 Å². The smallest absolute Gasteiger partial charge is 0.0604 e. The molecule has 1 aromatic rings. The second-order valence-electron chi connectivity index (χ2n) is 3.79. The van der Waals surface area contributed by atoms with Crippen molar-refractivity contribution in [2.75, 3.05) is 12.4 Å². The minimum absolute atomic E-state index is 0.0293. The van der Waals surface area contributed by atoms with Crippen molar-refractivity contribution in [3.8, 4) is 0 Å². The molecule has 1 aliphatic rings. The second-order valence-corrected chi connectivity index (χ2v) is 6.37. The van der Waals surface area contributed by atoms with E-state index in [1.165, 1.54) is 0 Å². The lowest BCUT2D eigenvalue weighted by molar-refractivity contribution is 0.321. The molecule has 0 aliphatic heterocycles. The van der Waals surface area contributed by atoms with E-state index in [0.29, 0.717) is 15.8 Å². The zero-order valence-corrected chi connectivity index (χ0v) is 10.9. The van der Waals surface area contributed by atoms with Crippen molar-refractivity contribution in [3.63, 3.8) is 0 Å². The molecule has 5 heteroatoms. The fourth-order valence-corrected chi connectivity index (χ4v) is 4.05. The van der Waals surface area contributed by atoms with Crippen LogP contribution in [0, 0.1) is 0 Å². The molecule has 0 heterocycles. The summed E-state index contributed by atoms with van der Waals surface area (Å²) < 4.78 is 11.9. The predicted octanol–water partition coefficient (Wildman–Crippen LogP) is 2.72. The molecular weight excluding hydrogens is 267 g/mol. The Labute approximate surface area is 107 Å². The molecule has 2 nitrogen and oxygen atoms in total. The Morgan fingerprint density at radius 3 is 2.88 bits per heavy atom. The standard InChI is InChI=1S/C11H12Cl2O2S/c12-7-5-9-8(10(13)6-7)1-2-11(9)16(15)4-3-14/h5-6,11,14H,1-4H2/t11-,16+/m0/s1. The average Bonchev–Trinajstić information content (AvgIpc) is 2.61. The highest BCUT2D eigenvalue weighted by molar-refractivity contribution is 7.85. The van der Waals surface area contributed by atoms with Crippen molar-refractivity contribution < 1.29 is 9.32 Å². The van der Waals surface area contributed by atoms with E-state index in [-0.39, 0.29) is 11.9 Å². The number of aliphatic hydroxyl groups excluding tert-OH is 1. The Hall–Kier alpha value is -0.0900. The summed E-state index contributed by atoms with van der Waals surface area (Å²) in [6.45, 7) is -0.0489. The van der Waals surface area contributed by atoms with Crippen molar-refractivity contribution >= 4 is 34.0 Å². The van der Waals surface area contributed by atoms with Gasteiger partial charge in [0.2, 0.25) is 0 Å². The van der Waals surface area contributed by atoms with Crippen LogP contribution in [0.1, 0.15) is 22.8 Å². The molecule has 2 atom stereocenters. The van der Waals surface area contributed by atoms with Gasteiger partial charge in [0.15, 0.2) is 0 Å². The molecular formula is C11H12Cl2O2S. The van der Waals surface area contributed by atoms with E-state index in [0.717, 1.165) is 24.0 Å². The molecule has 16 heavy (non-hydrogen) atoms. The van der Waals surface area contributed by atoms with Crippen LogP contribution in [0.4, 0.5) is 0 Å². The summed E-state index contributed by atoms with van der Waals surface area (Å²) in [6.07, 6.45) is 1.66. The third-order valence-corrected chi connectivity index (χ3v) is 5.07. The third kappa shape index (κ3) is 2.28. The summed E-state index contributed by atoms with van der Waals surface area (Å²) in [5.41, 5.74) is 2.05. The number of aliphatic hydroxyl groups is 1. The van der Waals surface area contributed by atoms with E-state index in [1.807, 2.05) is 6.07 Å². The van der Waals surface area contributed by atoms with Crippen molar-refractivity contribution in [1.82, 2.24) is 0 Å². The van der Waals surface area contributed by atoms with Crippen LogP contribution in [0.2, 0.25) is 10.0 Å². The van der Waals surface area contributed by atoms with E-state index in [9.17, 15) is 4.21 Å². The van der Waals surface area contributed by atoms with Crippen LogP contribution in [0.25, 0.3) is 0 Å². The number of halogens is 2. The number of benzene rings is 1. The summed E-state index contributed by atoms with van der Waals surface area (Å²) in [4.78, 5) is 0. The van der Waals surface area contributed by atoms with Crippen molar-refractivity contribution in [2.45, 2.75) is 18.1 Å². The van der Waals surface area contributed by atoms with E-state index >= 15 is 0 Å². The van der Waals surface area contributed by atoms with Gasteiger partial charge in [0.05, 0.1) is 11.9 Å². The van der Waals surface area contributed by atoms with Gasteiger partial charge in [-0.15, -0.1) is 0 Å². The number of rotatable bonds is 3. The molecule has 0 spiro atoms. The lowest BCUT2D eigenvalue weighted by atomic mass is 10.1. The molecule has 1 N–H and O–H groups in total. The average molecular weight is 279 g/mol. The molecule has 2 rings (SSSR count). The first kappa shape index (κ1) is 12.4. The van der Waals surface area contributed by atoms with Gasteiger partial charge in [-0.2, -0.15) is 0 Å². The van der Waals surface area contributed by atoms with E-state index < -0.39 is 10.8 Å². The SMILES string of the molecule is O=[S@](CCO)[C@H]1CCc2c(Cl)cc(Cl)cc21. The quantitative estimate of drug-likeness (QED) is 0.923. The van der Waals surface area contributed by atoms with Crippen LogP contribution in [0.15, 0.2) is 12.1 Å². The topological polar surface area (TPSA) is 37.3 Å². The number of hydrogen-bond acceptors (Lipinski definition) is 2. The second kappa shape index (κ2) is 5.05.